The first-order chi connectivity index (χ1) is 11.6. The number of hydrogen-bond acceptors (Lipinski definition) is 5. The third kappa shape index (κ3) is 5.42. The molecule has 0 fully saturated rings. The molecule has 6 nitrogen and oxygen atoms in total. The number of halogens is 1. The van der Waals surface area contributed by atoms with Crippen molar-refractivity contribution < 1.29 is 4.79 Å². The van der Waals surface area contributed by atoms with Crippen molar-refractivity contribution in [2.75, 3.05) is 18.1 Å². The van der Waals surface area contributed by atoms with Crippen LogP contribution in [0.3, 0.4) is 0 Å². The zero-order valence-corrected chi connectivity index (χ0v) is 15.2. The molecule has 0 atom stereocenters. The molecule has 8 heteroatoms. The standard InChI is InChI=1S/C16H22ClN5OS/c1-2-3-4-5-9-19-14(23)11-24-16-21-20-15(22(16)18)12-7-6-8-13(17)10-12/h6-8,10H,2-5,9,11,18H2,1H3,(H,19,23). The van der Waals surface area contributed by atoms with Gasteiger partial charge in [0.1, 0.15) is 0 Å². The van der Waals surface area contributed by atoms with Crippen LogP contribution in [-0.4, -0.2) is 33.1 Å². The first-order valence-corrected chi connectivity index (χ1v) is 9.34. The molecule has 1 amide bonds. The minimum atomic E-state index is -0.0243. The summed E-state index contributed by atoms with van der Waals surface area (Å²) in [6.45, 7) is 2.87. The molecule has 2 rings (SSSR count). The highest BCUT2D eigenvalue weighted by Gasteiger charge is 2.13. The lowest BCUT2D eigenvalue weighted by molar-refractivity contribution is -0.118. The van der Waals surface area contributed by atoms with Crippen LogP contribution in [0.1, 0.15) is 32.6 Å². The number of rotatable bonds is 9. The van der Waals surface area contributed by atoms with Gasteiger partial charge in [-0.1, -0.05) is 61.7 Å². The van der Waals surface area contributed by atoms with Gasteiger partial charge in [0.15, 0.2) is 5.82 Å². The van der Waals surface area contributed by atoms with E-state index in [4.69, 9.17) is 17.4 Å². The number of thioether (sulfide) groups is 1. The maximum absolute atomic E-state index is 11.8. The minimum absolute atomic E-state index is 0.0243. The zero-order valence-electron chi connectivity index (χ0n) is 13.7. The number of hydrogen-bond donors (Lipinski definition) is 2. The van der Waals surface area contributed by atoms with E-state index in [9.17, 15) is 4.79 Å². The molecule has 0 saturated heterocycles. The topological polar surface area (TPSA) is 85.8 Å². The molecule has 1 heterocycles. The lowest BCUT2D eigenvalue weighted by atomic mass is 10.2. The van der Waals surface area contributed by atoms with Crippen molar-refractivity contribution in [3.63, 3.8) is 0 Å². The second kappa shape index (κ2) is 9.54. The van der Waals surface area contributed by atoms with E-state index in [1.54, 1.807) is 12.1 Å². The normalized spacial score (nSPS) is 10.8. The Labute approximate surface area is 151 Å². The van der Waals surface area contributed by atoms with Gasteiger partial charge in [-0.2, -0.15) is 0 Å². The quantitative estimate of drug-likeness (QED) is 0.404. The Balaban J connectivity index is 1.85. The summed E-state index contributed by atoms with van der Waals surface area (Å²) in [6.07, 6.45) is 4.54. The lowest BCUT2D eigenvalue weighted by Gasteiger charge is -2.05. The second-order valence-corrected chi connectivity index (χ2v) is 6.76. The predicted molar refractivity (Wildman–Crippen MR) is 98.5 cm³/mol. The summed E-state index contributed by atoms with van der Waals surface area (Å²) >= 11 is 7.24. The number of amides is 1. The number of unbranched alkanes of at least 4 members (excludes halogenated alkanes) is 3. The van der Waals surface area contributed by atoms with Crippen LogP contribution in [0.5, 0.6) is 0 Å². The Kier molecular flexibility index (Phi) is 7.39. The van der Waals surface area contributed by atoms with E-state index >= 15 is 0 Å². The van der Waals surface area contributed by atoms with Crippen LogP contribution in [0.2, 0.25) is 5.02 Å². The summed E-state index contributed by atoms with van der Waals surface area (Å²) in [5.41, 5.74) is 0.782. The van der Waals surface area contributed by atoms with E-state index < -0.39 is 0 Å². The molecule has 0 aliphatic rings. The molecule has 0 saturated carbocycles. The Morgan fingerprint density at radius 2 is 2.17 bits per heavy atom. The summed E-state index contributed by atoms with van der Waals surface area (Å²) in [5, 5.41) is 12.1. The number of aromatic nitrogens is 3. The van der Waals surface area contributed by atoms with E-state index in [2.05, 4.69) is 22.4 Å². The Morgan fingerprint density at radius 3 is 2.92 bits per heavy atom. The molecule has 0 bridgehead atoms. The molecule has 0 spiro atoms. The van der Waals surface area contributed by atoms with Gasteiger partial charge in [0.05, 0.1) is 5.75 Å². The average molecular weight is 368 g/mol. The van der Waals surface area contributed by atoms with E-state index in [1.807, 2.05) is 12.1 Å². The minimum Gasteiger partial charge on any atom is -0.355 e. The molecular formula is C16H22ClN5OS. The lowest BCUT2D eigenvalue weighted by Crippen LogP contribution is -2.26. The van der Waals surface area contributed by atoms with Crippen molar-refractivity contribution in [3.05, 3.63) is 29.3 Å². The number of benzene rings is 1. The number of nitrogens with two attached hydrogens (primary N) is 1. The highest BCUT2D eigenvalue weighted by Crippen LogP contribution is 2.23. The van der Waals surface area contributed by atoms with Crippen molar-refractivity contribution in [3.8, 4) is 11.4 Å². The fourth-order valence-electron chi connectivity index (χ4n) is 2.16. The summed E-state index contributed by atoms with van der Waals surface area (Å²) in [4.78, 5) is 11.8. The number of nitrogen functional groups attached to an aromatic ring is 1. The summed E-state index contributed by atoms with van der Waals surface area (Å²) in [6, 6.07) is 7.23. The molecule has 2 aromatic rings. The van der Waals surface area contributed by atoms with E-state index in [0.717, 1.165) is 18.4 Å². The van der Waals surface area contributed by atoms with E-state index in [1.165, 1.54) is 29.3 Å². The van der Waals surface area contributed by atoms with Crippen LogP contribution in [-0.2, 0) is 4.79 Å². The van der Waals surface area contributed by atoms with Gasteiger partial charge < -0.3 is 11.2 Å². The van der Waals surface area contributed by atoms with Gasteiger partial charge in [-0.05, 0) is 18.6 Å². The van der Waals surface area contributed by atoms with Crippen LogP contribution < -0.4 is 11.2 Å². The molecule has 0 aliphatic carbocycles. The van der Waals surface area contributed by atoms with Gasteiger partial charge in [-0.25, -0.2) is 4.68 Å². The van der Waals surface area contributed by atoms with Gasteiger partial charge in [-0.3, -0.25) is 4.79 Å². The Hall–Kier alpha value is -1.73. The summed E-state index contributed by atoms with van der Waals surface area (Å²) in [5.74, 6) is 6.77. The van der Waals surface area contributed by atoms with Crippen molar-refractivity contribution in [2.45, 2.75) is 37.8 Å². The maximum atomic E-state index is 11.8. The van der Waals surface area contributed by atoms with E-state index in [0.29, 0.717) is 22.5 Å². The van der Waals surface area contributed by atoms with Gasteiger partial charge in [0.2, 0.25) is 11.1 Å². The molecule has 0 aliphatic heterocycles. The molecule has 0 unspecified atom stereocenters. The molecule has 3 N–H and O–H groups in total. The molecule has 130 valence electrons. The fourth-order valence-corrected chi connectivity index (χ4v) is 3.04. The third-order valence-corrected chi connectivity index (χ3v) is 4.61. The van der Waals surface area contributed by atoms with Gasteiger partial charge in [-0.15, -0.1) is 10.2 Å². The average Bonchev–Trinajstić information content (AvgIpc) is 2.93. The van der Waals surface area contributed by atoms with Crippen LogP contribution in [0.4, 0.5) is 0 Å². The fraction of sp³-hybridized carbons (Fsp3) is 0.438. The third-order valence-electron chi connectivity index (χ3n) is 3.43. The van der Waals surface area contributed by atoms with Crippen molar-refractivity contribution in [1.82, 2.24) is 20.2 Å². The largest absolute Gasteiger partial charge is 0.355 e. The number of nitrogens with zero attached hydrogens (tertiary/aromatic N) is 3. The second-order valence-electron chi connectivity index (χ2n) is 5.39. The van der Waals surface area contributed by atoms with Gasteiger partial charge >= 0.3 is 0 Å². The number of carbonyl (C=O) groups is 1. The highest BCUT2D eigenvalue weighted by molar-refractivity contribution is 7.99. The SMILES string of the molecule is CCCCCCNC(=O)CSc1nnc(-c2cccc(Cl)c2)n1N. The monoisotopic (exact) mass is 367 g/mol. The Morgan fingerprint density at radius 1 is 1.33 bits per heavy atom. The molecule has 1 aromatic carbocycles. The number of carbonyl (C=O) groups excluding carboxylic acids is 1. The van der Waals surface area contributed by atoms with Gasteiger partial charge in [0.25, 0.3) is 0 Å². The molecule has 1 aromatic heterocycles. The van der Waals surface area contributed by atoms with Crippen LogP contribution in [0.25, 0.3) is 11.4 Å². The smallest absolute Gasteiger partial charge is 0.230 e. The first-order valence-electron chi connectivity index (χ1n) is 7.97. The van der Waals surface area contributed by atoms with E-state index in [-0.39, 0.29) is 11.7 Å². The van der Waals surface area contributed by atoms with Crippen molar-refractivity contribution in [1.29, 1.82) is 0 Å². The van der Waals surface area contributed by atoms with Crippen molar-refractivity contribution >= 4 is 29.3 Å². The summed E-state index contributed by atoms with van der Waals surface area (Å²) in [7, 11) is 0. The first kappa shape index (κ1) is 18.6. The van der Waals surface area contributed by atoms with Crippen LogP contribution >= 0.6 is 23.4 Å². The predicted octanol–water partition coefficient (Wildman–Crippen LogP) is 3.10. The highest BCUT2D eigenvalue weighted by atomic mass is 35.5. The molecule has 0 radical (unpaired) electrons. The zero-order chi connectivity index (χ0) is 17.4. The Bertz CT molecular complexity index is 676. The van der Waals surface area contributed by atoms with Crippen LogP contribution in [0.15, 0.2) is 29.4 Å². The van der Waals surface area contributed by atoms with Gasteiger partial charge in [0, 0.05) is 17.1 Å². The maximum Gasteiger partial charge on any atom is 0.230 e. The molecular weight excluding hydrogens is 346 g/mol. The van der Waals surface area contributed by atoms with Crippen molar-refractivity contribution in [2.24, 2.45) is 0 Å². The number of nitrogens with one attached hydrogen (secondary N) is 1. The summed E-state index contributed by atoms with van der Waals surface area (Å²) < 4.78 is 1.38. The van der Waals surface area contributed by atoms with Crippen LogP contribution in [0, 0.1) is 0 Å². The molecule has 24 heavy (non-hydrogen) atoms.